The summed E-state index contributed by atoms with van der Waals surface area (Å²) in [5, 5.41) is 6.06. The molecule has 0 aliphatic rings. The van der Waals surface area contributed by atoms with E-state index in [9.17, 15) is 4.79 Å². The summed E-state index contributed by atoms with van der Waals surface area (Å²) in [6.45, 7) is 1.06. The van der Waals surface area contributed by atoms with Crippen LogP contribution in [-0.4, -0.2) is 55.3 Å². The van der Waals surface area contributed by atoms with Crippen molar-refractivity contribution >= 4 is 11.9 Å². The Morgan fingerprint density at radius 3 is 2.34 bits per heavy atom. The fourth-order valence-corrected chi connectivity index (χ4v) is 3.70. The van der Waals surface area contributed by atoms with Crippen molar-refractivity contribution in [2.45, 2.75) is 6.54 Å². The van der Waals surface area contributed by atoms with Crippen molar-refractivity contribution in [3.05, 3.63) is 84.3 Å². The zero-order valence-electron chi connectivity index (χ0n) is 21.4. The van der Waals surface area contributed by atoms with E-state index < -0.39 is 0 Å². The van der Waals surface area contributed by atoms with Crippen LogP contribution in [0.5, 0.6) is 23.0 Å². The normalized spacial score (nSPS) is 10.4. The molecule has 0 fully saturated rings. The summed E-state index contributed by atoms with van der Waals surface area (Å²) in [6, 6.07) is 16.7. The van der Waals surface area contributed by atoms with Crippen molar-refractivity contribution < 1.29 is 23.7 Å². The number of anilines is 1. The molecule has 0 atom stereocenters. The highest BCUT2D eigenvalue weighted by Gasteiger charge is 2.21. The second-order valence-corrected chi connectivity index (χ2v) is 8.00. The van der Waals surface area contributed by atoms with Gasteiger partial charge in [-0.1, -0.05) is 24.3 Å². The Hall–Kier alpha value is -4.86. The Morgan fingerprint density at radius 2 is 1.68 bits per heavy atom. The van der Waals surface area contributed by atoms with Crippen LogP contribution in [0.1, 0.15) is 15.9 Å². The molecule has 2 aromatic heterocycles. The van der Waals surface area contributed by atoms with Gasteiger partial charge in [0.15, 0.2) is 11.5 Å². The Balaban J connectivity index is 1.61. The number of amides is 1. The van der Waals surface area contributed by atoms with Gasteiger partial charge in [-0.25, -0.2) is 9.97 Å². The molecule has 38 heavy (non-hydrogen) atoms. The number of ether oxygens (including phenoxy) is 4. The number of rotatable bonds is 12. The van der Waals surface area contributed by atoms with Crippen LogP contribution in [0.3, 0.4) is 0 Å². The number of benzene rings is 2. The number of hydrogen-bond acceptors (Lipinski definition) is 9. The third-order valence-electron chi connectivity index (χ3n) is 5.54. The number of aromatic nitrogens is 3. The van der Waals surface area contributed by atoms with Crippen LogP contribution >= 0.6 is 0 Å². The van der Waals surface area contributed by atoms with Gasteiger partial charge in [0.2, 0.25) is 11.7 Å². The molecule has 0 bridgehead atoms. The number of nitrogens with zero attached hydrogens (tertiary/aromatic N) is 3. The van der Waals surface area contributed by atoms with Gasteiger partial charge in [-0.3, -0.25) is 9.78 Å². The highest BCUT2D eigenvalue weighted by Crippen LogP contribution is 2.41. The summed E-state index contributed by atoms with van der Waals surface area (Å²) in [5.41, 5.74) is 2.24. The minimum Gasteiger partial charge on any atom is -0.493 e. The largest absolute Gasteiger partial charge is 0.493 e. The fraction of sp³-hybridized carbons (Fsp3) is 0.214. The van der Waals surface area contributed by atoms with Crippen LogP contribution < -0.4 is 29.6 Å². The van der Waals surface area contributed by atoms with Crippen molar-refractivity contribution in [2.24, 2.45) is 0 Å². The minimum absolute atomic E-state index is 0.283. The molecule has 0 aliphatic carbocycles. The van der Waals surface area contributed by atoms with E-state index in [-0.39, 0.29) is 11.5 Å². The lowest BCUT2D eigenvalue weighted by Crippen LogP contribution is -2.29. The SMILES string of the molecule is COc1cc(-c2nc(NCc3cccnc3)ncc2C(=O)NCCOc2ccccc2)cc(OC)c1OC. The smallest absolute Gasteiger partial charge is 0.255 e. The molecule has 10 nitrogen and oxygen atoms in total. The van der Waals surface area contributed by atoms with E-state index in [1.54, 1.807) is 24.5 Å². The molecule has 4 rings (SSSR count). The van der Waals surface area contributed by atoms with Gasteiger partial charge < -0.3 is 29.6 Å². The van der Waals surface area contributed by atoms with Crippen molar-refractivity contribution in [2.75, 3.05) is 39.8 Å². The van der Waals surface area contributed by atoms with Crippen LogP contribution in [0.2, 0.25) is 0 Å². The maximum atomic E-state index is 13.2. The molecule has 0 aliphatic heterocycles. The summed E-state index contributed by atoms with van der Waals surface area (Å²) < 4.78 is 22.1. The molecule has 0 radical (unpaired) electrons. The second-order valence-electron chi connectivity index (χ2n) is 8.00. The lowest BCUT2D eigenvalue weighted by atomic mass is 10.0. The Bertz CT molecular complexity index is 1330. The van der Waals surface area contributed by atoms with Crippen LogP contribution in [0.15, 0.2) is 73.2 Å². The highest BCUT2D eigenvalue weighted by molar-refractivity contribution is 6.00. The third kappa shape index (κ3) is 6.47. The molecular formula is C28H29N5O5. The number of methoxy groups -OCH3 is 3. The lowest BCUT2D eigenvalue weighted by Gasteiger charge is -2.16. The molecule has 0 spiro atoms. The molecule has 0 unspecified atom stereocenters. The minimum atomic E-state index is -0.343. The standard InChI is InChI=1S/C28H29N5O5/c1-35-23-14-20(15-24(36-2)26(23)37-3)25-22(27(34)30-12-13-38-21-9-5-4-6-10-21)18-32-28(33-25)31-17-19-8-7-11-29-16-19/h4-11,14-16,18H,12-13,17H2,1-3H3,(H,30,34)(H,31,32,33). The predicted octanol–water partition coefficient (Wildman–Crippen LogP) is 3.99. The average molecular weight is 516 g/mol. The van der Waals surface area contributed by atoms with Gasteiger partial charge in [-0.2, -0.15) is 0 Å². The topological polar surface area (TPSA) is 117 Å². The molecule has 2 aromatic carbocycles. The quantitative estimate of drug-likeness (QED) is 0.270. The van der Waals surface area contributed by atoms with Gasteiger partial charge in [0, 0.05) is 30.7 Å². The molecule has 10 heteroatoms. The van der Waals surface area contributed by atoms with Crippen LogP contribution in [0.4, 0.5) is 5.95 Å². The molecule has 0 saturated carbocycles. The lowest BCUT2D eigenvalue weighted by molar-refractivity contribution is 0.0947. The fourth-order valence-electron chi connectivity index (χ4n) is 3.70. The number of carbonyl (C=O) groups excluding carboxylic acids is 1. The number of carbonyl (C=O) groups is 1. The van der Waals surface area contributed by atoms with E-state index in [0.717, 1.165) is 11.3 Å². The zero-order chi connectivity index (χ0) is 26.7. The van der Waals surface area contributed by atoms with Gasteiger partial charge in [-0.15, -0.1) is 0 Å². The first-order chi connectivity index (χ1) is 18.6. The first-order valence-electron chi connectivity index (χ1n) is 11.9. The molecular weight excluding hydrogens is 486 g/mol. The number of hydrogen-bond donors (Lipinski definition) is 2. The number of nitrogens with one attached hydrogen (secondary N) is 2. The van der Waals surface area contributed by atoms with Gasteiger partial charge in [-0.05, 0) is 35.9 Å². The number of pyridine rings is 1. The maximum absolute atomic E-state index is 13.2. The van der Waals surface area contributed by atoms with Crippen molar-refractivity contribution in [3.63, 3.8) is 0 Å². The first kappa shape index (κ1) is 26.2. The summed E-state index contributed by atoms with van der Waals surface area (Å²) in [7, 11) is 4.59. The van der Waals surface area contributed by atoms with Crippen LogP contribution in [-0.2, 0) is 6.54 Å². The molecule has 2 heterocycles. The maximum Gasteiger partial charge on any atom is 0.255 e. The van der Waals surface area contributed by atoms with Crippen molar-refractivity contribution in [1.82, 2.24) is 20.3 Å². The molecule has 2 N–H and O–H groups in total. The van der Waals surface area contributed by atoms with Gasteiger partial charge in [0.05, 0.1) is 39.1 Å². The Labute approximate surface area is 221 Å². The average Bonchev–Trinajstić information content (AvgIpc) is 2.98. The summed E-state index contributed by atoms with van der Waals surface area (Å²) in [4.78, 5) is 26.4. The predicted molar refractivity (Wildman–Crippen MR) is 143 cm³/mol. The molecule has 0 saturated heterocycles. The van der Waals surface area contributed by atoms with E-state index in [0.29, 0.717) is 54.2 Å². The molecule has 4 aromatic rings. The third-order valence-corrected chi connectivity index (χ3v) is 5.54. The van der Waals surface area contributed by atoms with E-state index in [1.165, 1.54) is 27.5 Å². The van der Waals surface area contributed by atoms with E-state index in [2.05, 4.69) is 25.6 Å². The van der Waals surface area contributed by atoms with Crippen molar-refractivity contribution in [1.29, 1.82) is 0 Å². The van der Waals surface area contributed by atoms with Gasteiger partial charge in [0.1, 0.15) is 12.4 Å². The summed E-state index contributed by atoms with van der Waals surface area (Å²) in [5.74, 6) is 2.05. The molecule has 196 valence electrons. The van der Waals surface area contributed by atoms with Gasteiger partial charge in [0.25, 0.3) is 5.91 Å². The number of para-hydroxylation sites is 1. The molecule has 1 amide bonds. The summed E-state index contributed by atoms with van der Waals surface area (Å²) in [6.07, 6.45) is 4.96. The highest BCUT2D eigenvalue weighted by atomic mass is 16.5. The Kier molecular flexibility index (Phi) is 8.90. The van der Waals surface area contributed by atoms with Crippen LogP contribution in [0.25, 0.3) is 11.3 Å². The summed E-state index contributed by atoms with van der Waals surface area (Å²) >= 11 is 0. The van der Waals surface area contributed by atoms with E-state index in [4.69, 9.17) is 18.9 Å². The zero-order valence-corrected chi connectivity index (χ0v) is 21.4. The van der Waals surface area contributed by atoms with Crippen LogP contribution in [0, 0.1) is 0 Å². The second kappa shape index (κ2) is 12.9. The van der Waals surface area contributed by atoms with Crippen molar-refractivity contribution in [3.8, 4) is 34.3 Å². The van der Waals surface area contributed by atoms with Gasteiger partial charge >= 0.3 is 0 Å². The monoisotopic (exact) mass is 515 g/mol. The van der Waals surface area contributed by atoms with E-state index in [1.807, 2.05) is 42.5 Å². The Morgan fingerprint density at radius 1 is 0.921 bits per heavy atom. The van der Waals surface area contributed by atoms with E-state index >= 15 is 0 Å². The first-order valence-corrected chi connectivity index (χ1v) is 11.9.